The number of carboxylic acids is 1. The second kappa shape index (κ2) is 8.15. The number of hydrogen-bond acceptors (Lipinski definition) is 3. The van der Waals surface area contributed by atoms with Gasteiger partial charge < -0.3 is 14.7 Å². The fourth-order valence-corrected chi connectivity index (χ4v) is 3.18. The summed E-state index contributed by atoms with van der Waals surface area (Å²) in [4.78, 5) is 25.5. The fourth-order valence-electron chi connectivity index (χ4n) is 3.18. The zero-order valence-corrected chi connectivity index (χ0v) is 14.8. The van der Waals surface area contributed by atoms with Crippen molar-refractivity contribution in [2.75, 3.05) is 13.2 Å². The van der Waals surface area contributed by atoms with Crippen LogP contribution in [-0.4, -0.2) is 41.1 Å². The molecule has 2 atom stereocenters. The lowest BCUT2D eigenvalue weighted by Crippen LogP contribution is -2.48. The summed E-state index contributed by atoms with van der Waals surface area (Å²) in [6, 6.07) is 16.7. The molecule has 2 aromatic carbocycles. The number of ether oxygens (including phenoxy) is 1. The Hall–Kier alpha value is -2.66. The summed E-state index contributed by atoms with van der Waals surface area (Å²) in [7, 11) is 0. The van der Waals surface area contributed by atoms with Gasteiger partial charge in [0.15, 0.2) is 0 Å². The van der Waals surface area contributed by atoms with Gasteiger partial charge in [0, 0.05) is 6.42 Å². The van der Waals surface area contributed by atoms with Crippen LogP contribution in [0.2, 0.25) is 0 Å². The molecule has 5 heteroatoms. The smallest absolute Gasteiger partial charge is 0.335 e. The topological polar surface area (TPSA) is 66.8 Å². The van der Waals surface area contributed by atoms with Crippen molar-refractivity contribution < 1.29 is 19.4 Å². The molecule has 5 nitrogen and oxygen atoms in total. The highest BCUT2D eigenvalue weighted by molar-refractivity contribution is 5.87. The lowest BCUT2D eigenvalue weighted by Gasteiger charge is -2.38. The third-order valence-corrected chi connectivity index (χ3v) is 4.75. The molecular formula is C21H23NO4. The Morgan fingerprint density at radius 2 is 1.81 bits per heavy atom. The van der Waals surface area contributed by atoms with Gasteiger partial charge >= 0.3 is 5.97 Å². The van der Waals surface area contributed by atoms with Crippen molar-refractivity contribution in [3.05, 3.63) is 71.3 Å². The predicted octanol–water partition coefficient (Wildman–Crippen LogP) is 3.31. The molecular weight excluding hydrogens is 330 g/mol. The second-order valence-corrected chi connectivity index (χ2v) is 6.63. The van der Waals surface area contributed by atoms with Crippen LogP contribution in [0.1, 0.15) is 40.9 Å². The lowest BCUT2D eigenvalue weighted by atomic mass is 10.0. The van der Waals surface area contributed by atoms with Crippen molar-refractivity contribution in [3.8, 4) is 0 Å². The number of carbonyl (C=O) groups excluding carboxylic acids is 1. The number of aromatic carboxylic acids is 1. The molecule has 1 aliphatic rings. The van der Waals surface area contributed by atoms with Gasteiger partial charge in [-0.15, -0.1) is 0 Å². The SMILES string of the molecule is CC1COC(c2ccccc2)CN1C(=O)CCc1ccc(C(=O)O)cc1. The Balaban J connectivity index is 1.59. The van der Waals surface area contributed by atoms with E-state index in [1.165, 1.54) is 0 Å². The van der Waals surface area contributed by atoms with Crippen molar-refractivity contribution in [3.63, 3.8) is 0 Å². The van der Waals surface area contributed by atoms with Crippen LogP contribution in [0.15, 0.2) is 54.6 Å². The molecule has 0 aliphatic carbocycles. The van der Waals surface area contributed by atoms with Crippen LogP contribution in [0.25, 0.3) is 0 Å². The minimum absolute atomic E-state index is 0.0526. The third kappa shape index (κ3) is 4.29. The Labute approximate surface area is 153 Å². The average Bonchev–Trinajstić information content (AvgIpc) is 2.67. The van der Waals surface area contributed by atoms with Crippen molar-refractivity contribution in [2.45, 2.75) is 31.9 Å². The normalized spacial score (nSPS) is 20.0. The lowest BCUT2D eigenvalue weighted by molar-refractivity contribution is -0.144. The summed E-state index contributed by atoms with van der Waals surface area (Å²) in [5.74, 6) is -0.842. The maximum Gasteiger partial charge on any atom is 0.335 e. The van der Waals surface area contributed by atoms with Crippen LogP contribution in [-0.2, 0) is 16.0 Å². The van der Waals surface area contributed by atoms with Gasteiger partial charge in [0.1, 0.15) is 6.10 Å². The molecule has 26 heavy (non-hydrogen) atoms. The van der Waals surface area contributed by atoms with Crippen molar-refractivity contribution in [1.29, 1.82) is 0 Å². The monoisotopic (exact) mass is 353 g/mol. The van der Waals surface area contributed by atoms with E-state index in [1.807, 2.05) is 42.2 Å². The van der Waals surface area contributed by atoms with Crippen LogP contribution < -0.4 is 0 Å². The highest BCUT2D eigenvalue weighted by Crippen LogP contribution is 2.25. The highest BCUT2D eigenvalue weighted by atomic mass is 16.5. The molecule has 1 saturated heterocycles. The van der Waals surface area contributed by atoms with Crippen molar-refractivity contribution in [1.82, 2.24) is 4.90 Å². The summed E-state index contributed by atoms with van der Waals surface area (Å²) < 4.78 is 5.91. The number of hydrogen-bond donors (Lipinski definition) is 1. The summed E-state index contributed by atoms with van der Waals surface area (Å²) in [6.07, 6.45) is 0.906. The Morgan fingerprint density at radius 3 is 2.46 bits per heavy atom. The van der Waals surface area contributed by atoms with Gasteiger partial charge in [-0.25, -0.2) is 4.79 Å². The molecule has 1 fully saturated rings. The first kappa shape index (κ1) is 18.1. The maximum absolute atomic E-state index is 12.7. The number of amides is 1. The summed E-state index contributed by atoms with van der Waals surface area (Å²) >= 11 is 0. The first-order chi connectivity index (χ1) is 12.5. The molecule has 3 rings (SSSR count). The molecule has 136 valence electrons. The van der Waals surface area contributed by atoms with Crippen LogP contribution in [0.5, 0.6) is 0 Å². The molecule has 1 heterocycles. The molecule has 0 bridgehead atoms. The second-order valence-electron chi connectivity index (χ2n) is 6.63. The minimum atomic E-state index is -0.943. The van der Waals surface area contributed by atoms with E-state index in [2.05, 4.69) is 0 Å². The van der Waals surface area contributed by atoms with E-state index in [9.17, 15) is 9.59 Å². The Morgan fingerprint density at radius 1 is 1.12 bits per heavy atom. The molecule has 0 spiro atoms. The van der Waals surface area contributed by atoms with E-state index in [4.69, 9.17) is 9.84 Å². The van der Waals surface area contributed by atoms with Gasteiger partial charge in [-0.2, -0.15) is 0 Å². The number of morpholine rings is 1. The molecule has 1 N–H and O–H groups in total. The molecule has 1 aliphatic heterocycles. The van der Waals surface area contributed by atoms with Crippen molar-refractivity contribution >= 4 is 11.9 Å². The average molecular weight is 353 g/mol. The van der Waals surface area contributed by atoms with Gasteiger partial charge in [0.05, 0.1) is 24.8 Å². The maximum atomic E-state index is 12.7. The standard InChI is InChI=1S/C21H23NO4/c1-15-14-26-19(17-5-3-2-4-6-17)13-22(15)20(23)12-9-16-7-10-18(11-8-16)21(24)25/h2-8,10-11,15,19H,9,12-14H2,1H3,(H,24,25). The van der Waals surface area contributed by atoms with Gasteiger partial charge in [-0.3, -0.25) is 4.79 Å². The number of nitrogens with zero attached hydrogens (tertiary/aromatic N) is 1. The van der Waals surface area contributed by atoms with E-state index in [0.717, 1.165) is 11.1 Å². The van der Waals surface area contributed by atoms with Crippen LogP contribution in [0, 0.1) is 0 Å². The molecule has 2 unspecified atom stereocenters. The van der Waals surface area contributed by atoms with Gasteiger partial charge in [-0.05, 0) is 36.6 Å². The van der Waals surface area contributed by atoms with Gasteiger partial charge in [0.2, 0.25) is 5.91 Å². The zero-order chi connectivity index (χ0) is 18.5. The molecule has 1 amide bonds. The summed E-state index contributed by atoms with van der Waals surface area (Å²) in [5, 5.41) is 8.94. The van der Waals surface area contributed by atoms with Crippen LogP contribution in [0.4, 0.5) is 0 Å². The summed E-state index contributed by atoms with van der Waals surface area (Å²) in [5.41, 5.74) is 2.30. The van der Waals surface area contributed by atoms with E-state index in [-0.39, 0.29) is 23.6 Å². The predicted molar refractivity (Wildman–Crippen MR) is 98.0 cm³/mol. The Bertz CT molecular complexity index is 757. The quantitative estimate of drug-likeness (QED) is 0.896. The summed E-state index contributed by atoms with van der Waals surface area (Å²) in [6.45, 7) is 3.08. The number of carboxylic acid groups (broad SMARTS) is 1. The van der Waals surface area contributed by atoms with E-state index >= 15 is 0 Å². The van der Waals surface area contributed by atoms with Gasteiger partial charge in [0.25, 0.3) is 0 Å². The molecule has 2 aromatic rings. The number of aryl methyl sites for hydroxylation is 1. The van der Waals surface area contributed by atoms with Crippen molar-refractivity contribution in [2.24, 2.45) is 0 Å². The highest BCUT2D eigenvalue weighted by Gasteiger charge is 2.30. The van der Waals surface area contributed by atoms with E-state index in [1.54, 1.807) is 24.3 Å². The first-order valence-electron chi connectivity index (χ1n) is 8.83. The fraction of sp³-hybridized carbons (Fsp3) is 0.333. The first-order valence-corrected chi connectivity index (χ1v) is 8.83. The van der Waals surface area contributed by atoms with Crippen LogP contribution >= 0.6 is 0 Å². The van der Waals surface area contributed by atoms with E-state index < -0.39 is 5.97 Å². The van der Waals surface area contributed by atoms with Gasteiger partial charge in [-0.1, -0.05) is 42.5 Å². The number of carbonyl (C=O) groups is 2. The zero-order valence-electron chi connectivity index (χ0n) is 14.8. The number of rotatable bonds is 5. The third-order valence-electron chi connectivity index (χ3n) is 4.75. The largest absolute Gasteiger partial charge is 0.478 e. The minimum Gasteiger partial charge on any atom is -0.478 e. The van der Waals surface area contributed by atoms with Crippen LogP contribution in [0.3, 0.4) is 0 Å². The molecule has 0 radical (unpaired) electrons. The number of benzene rings is 2. The molecule has 0 saturated carbocycles. The Kier molecular flexibility index (Phi) is 5.68. The molecule has 0 aromatic heterocycles. The van der Waals surface area contributed by atoms with E-state index in [0.29, 0.717) is 26.0 Å².